The highest BCUT2D eigenvalue weighted by atomic mass is 16.5. The highest BCUT2D eigenvalue weighted by Crippen LogP contribution is 2.29. The molecule has 4 heteroatoms. The van der Waals surface area contributed by atoms with Crippen LogP contribution in [0.1, 0.15) is 41.4 Å². The summed E-state index contributed by atoms with van der Waals surface area (Å²) in [5.74, 6) is 6.56. The second kappa shape index (κ2) is 7.88. The molecular formula is C22H22N2O2. The van der Waals surface area contributed by atoms with Gasteiger partial charge in [0.2, 0.25) is 0 Å². The lowest BCUT2D eigenvalue weighted by Crippen LogP contribution is -2.25. The van der Waals surface area contributed by atoms with Gasteiger partial charge in [-0.3, -0.25) is 0 Å². The van der Waals surface area contributed by atoms with Gasteiger partial charge < -0.3 is 4.74 Å². The Bertz CT molecular complexity index is 880. The van der Waals surface area contributed by atoms with Crippen molar-refractivity contribution in [2.45, 2.75) is 25.3 Å². The number of benzene rings is 1. The van der Waals surface area contributed by atoms with E-state index >= 15 is 0 Å². The number of methoxy groups -OCH3 is 1. The minimum absolute atomic E-state index is 0.350. The van der Waals surface area contributed by atoms with Gasteiger partial charge in [-0.2, -0.15) is 5.10 Å². The van der Waals surface area contributed by atoms with Crippen LogP contribution >= 0.6 is 0 Å². The van der Waals surface area contributed by atoms with Gasteiger partial charge in [-0.25, -0.2) is 9.48 Å². The number of ether oxygens (including phenoxy) is 1. The Hall–Kier alpha value is -3.06. The lowest BCUT2D eigenvalue weighted by molar-refractivity contribution is -0.144. The van der Waals surface area contributed by atoms with Crippen LogP contribution in [0.25, 0.3) is 12.2 Å². The molecule has 0 aliphatic heterocycles. The summed E-state index contributed by atoms with van der Waals surface area (Å²) in [6.07, 6.45) is 6.11. The van der Waals surface area contributed by atoms with Crippen LogP contribution in [0.3, 0.4) is 0 Å². The van der Waals surface area contributed by atoms with Crippen LogP contribution in [0.5, 0.6) is 0 Å². The molecule has 1 fully saturated rings. The molecule has 1 aromatic heterocycles. The van der Waals surface area contributed by atoms with Crippen molar-refractivity contribution < 1.29 is 9.53 Å². The number of carbonyl (C=O) groups is 1. The molecule has 2 aromatic rings. The molecule has 1 aliphatic rings. The number of esters is 1. The summed E-state index contributed by atoms with van der Waals surface area (Å²) in [6, 6.07) is 9.21. The number of nitrogens with zero attached hydrogens (tertiary/aromatic N) is 2. The van der Waals surface area contributed by atoms with Crippen molar-refractivity contribution in [3.8, 4) is 11.8 Å². The van der Waals surface area contributed by atoms with Crippen LogP contribution in [-0.2, 0) is 16.0 Å². The molecule has 0 amide bonds. The lowest BCUT2D eigenvalue weighted by Gasteiger charge is -2.17. The highest BCUT2D eigenvalue weighted by Gasteiger charge is 2.27. The normalized spacial score (nSPS) is 14.0. The molecule has 1 atom stereocenters. The van der Waals surface area contributed by atoms with Crippen LogP contribution in [0.15, 0.2) is 43.5 Å². The number of hydrogen-bond donors (Lipinski definition) is 0. The zero-order valence-electron chi connectivity index (χ0n) is 14.9. The first kappa shape index (κ1) is 17.8. The number of rotatable bonds is 6. The van der Waals surface area contributed by atoms with Crippen molar-refractivity contribution in [1.82, 2.24) is 9.78 Å². The SMILES string of the molecule is C=Cc1nn(C(Cc2ccccc2)C(=O)OC)c(C#CC2CC2)c1C=C. The van der Waals surface area contributed by atoms with Gasteiger partial charge in [0.05, 0.1) is 12.8 Å². The molecule has 132 valence electrons. The van der Waals surface area contributed by atoms with Gasteiger partial charge in [-0.05, 0) is 30.4 Å². The second-order valence-corrected chi connectivity index (χ2v) is 6.27. The van der Waals surface area contributed by atoms with Gasteiger partial charge >= 0.3 is 5.97 Å². The van der Waals surface area contributed by atoms with Gasteiger partial charge in [0.1, 0.15) is 5.69 Å². The molecule has 26 heavy (non-hydrogen) atoms. The van der Waals surface area contributed by atoms with E-state index in [0.717, 1.165) is 24.0 Å². The molecule has 4 nitrogen and oxygen atoms in total. The monoisotopic (exact) mass is 346 g/mol. The fourth-order valence-electron chi connectivity index (χ4n) is 2.81. The van der Waals surface area contributed by atoms with E-state index in [1.54, 1.807) is 16.8 Å². The van der Waals surface area contributed by atoms with E-state index in [-0.39, 0.29) is 5.97 Å². The summed E-state index contributed by atoms with van der Waals surface area (Å²) < 4.78 is 6.72. The topological polar surface area (TPSA) is 44.1 Å². The van der Waals surface area contributed by atoms with Gasteiger partial charge in [0.25, 0.3) is 0 Å². The third kappa shape index (κ3) is 3.78. The van der Waals surface area contributed by atoms with E-state index in [1.807, 2.05) is 30.3 Å². The van der Waals surface area contributed by atoms with Crippen LogP contribution in [-0.4, -0.2) is 22.9 Å². The van der Waals surface area contributed by atoms with Crippen LogP contribution in [0.4, 0.5) is 0 Å². The highest BCUT2D eigenvalue weighted by molar-refractivity contribution is 5.76. The largest absolute Gasteiger partial charge is 0.467 e. The first-order valence-electron chi connectivity index (χ1n) is 8.68. The summed E-state index contributed by atoms with van der Waals surface area (Å²) in [5.41, 5.74) is 3.19. The quantitative estimate of drug-likeness (QED) is 0.589. The van der Waals surface area contributed by atoms with Crippen molar-refractivity contribution >= 4 is 18.1 Å². The van der Waals surface area contributed by atoms with Gasteiger partial charge in [0.15, 0.2) is 6.04 Å². The molecule has 0 spiro atoms. The number of carbonyl (C=O) groups excluding carboxylic acids is 1. The third-order valence-corrected chi connectivity index (χ3v) is 4.39. The molecule has 1 aromatic carbocycles. The van der Waals surface area contributed by atoms with E-state index in [4.69, 9.17) is 4.74 Å². The molecule has 0 saturated heterocycles. The smallest absolute Gasteiger partial charge is 0.331 e. The predicted molar refractivity (Wildman–Crippen MR) is 103 cm³/mol. The minimum Gasteiger partial charge on any atom is -0.467 e. The Morgan fingerprint density at radius 3 is 2.65 bits per heavy atom. The molecule has 1 saturated carbocycles. The van der Waals surface area contributed by atoms with E-state index in [0.29, 0.717) is 23.7 Å². The molecule has 3 rings (SSSR count). The van der Waals surface area contributed by atoms with Crippen molar-refractivity contribution in [3.05, 3.63) is 66.0 Å². The van der Waals surface area contributed by atoms with Crippen LogP contribution in [0.2, 0.25) is 0 Å². The molecule has 0 radical (unpaired) electrons. The summed E-state index contributed by atoms with van der Waals surface area (Å²) in [5, 5.41) is 4.59. The molecule has 1 unspecified atom stereocenters. The Kier molecular flexibility index (Phi) is 5.38. The number of aromatic nitrogens is 2. The molecule has 0 N–H and O–H groups in total. The van der Waals surface area contributed by atoms with Crippen molar-refractivity contribution in [2.75, 3.05) is 7.11 Å². The first-order chi connectivity index (χ1) is 12.7. The standard InChI is InChI=1S/C22H22N2O2/c1-4-18-19(5-2)23-24(20(18)14-13-16-11-12-16)21(22(25)26-3)15-17-9-7-6-8-10-17/h4-10,16,21H,1-2,11-12,15H2,3H3. The maximum atomic E-state index is 12.5. The molecule has 0 bridgehead atoms. The maximum Gasteiger partial charge on any atom is 0.331 e. The van der Waals surface area contributed by atoms with E-state index < -0.39 is 6.04 Å². The summed E-state index contributed by atoms with van der Waals surface area (Å²) >= 11 is 0. The summed E-state index contributed by atoms with van der Waals surface area (Å²) in [7, 11) is 1.39. The van der Waals surface area contributed by atoms with Crippen molar-refractivity contribution in [2.24, 2.45) is 5.92 Å². The van der Waals surface area contributed by atoms with Crippen LogP contribution in [0, 0.1) is 17.8 Å². The molecular weight excluding hydrogens is 324 g/mol. The lowest BCUT2D eigenvalue weighted by atomic mass is 10.1. The average molecular weight is 346 g/mol. The zero-order chi connectivity index (χ0) is 18.5. The Morgan fingerprint density at radius 1 is 1.35 bits per heavy atom. The fraction of sp³-hybridized carbons (Fsp3) is 0.273. The fourth-order valence-corrected chi connectivity index (χ4v) is 2.81. The molecule has 1 heterocycles. The van der Waals surface area contributed by atoms with Crippen molar-refractivity contribution in [3.63, 3.8) is 0 Å². The summed E-state index contributed by atoms with van der Waals surface area (Å²) in [4.78, 5) is 12.5. The van der Waals surface area contributed by atoms with Gasteiger partial charge in [0, 0.05) is 17.9 Å². The predicted octanol–water partition coefficient (Wildman–Crippen LogP) is 3.89. The van der Waals surface area contributed by atoms with Crippen LogP contribution < -0.4 is 0 Å². The zero-order valence-corrected chi connectivity index (χ0v) is 14.9. The Labute approximate surface area is 154 Å². The van der Waals surface area contributed by atoms with E-state index in [1.165, 1.54) is 7.11 Å². The average Bonchev–Trinajstić information content (AvgIpc) is 3.44. The summed E-state index contributed by atoms with van der Waals surface area (Å²) in [6.45, 7) is 7.70. The van der Waals surface area contributed by atoms with E-state index in [2.05, 4.69) is 30.1 Å². The van der Waals surface area contributed by atoms with Gasteiger partial charge in [-0.1, -0.05) is 55.5 Å². The minimum atomic E-state index is -0.599. The number of hydrogen-bond acceptors (Lipinski definition) is 3. The Balaban J connectivity index is 2.08. The van der Waals surface area contributed by atoms with Crippen molar-refractivity contribution in [1.29, 1.82) is 0 Å². The van der Waals surface area contributed by atoms with E-state index in [9.17, 15) is 4.79 Å². The molecule has 1 aliphatic carbocycles. The first-order valence-corrected chi connectivity index (χ1v) is 8.68. The Morgan fingerprint density at radius 2 is 2.08 bits per heavy atom. The third-order valence-electron chi connectivity index (χ3n) is 4.39. The van der Waals surface area contributed by atoms with Gasteiger partial charge in [-0.15, -0.1) is 0 Å². The second-order valence-electron chi connectivity index (χ2n) is 6.27. The maximum absolute atomic E-state index is 12.5.